The molecule has 20 heavy (non-hydrogen) atoms. The third kappa shape index (κ3) is 2.57. The van der Waals surface area contributed by atoms with Crippen molar-refractivity contribution < 1.29 is 5.21 Å². The minimum atomic E-state index is 0.143. The summed E-state index contributed by atoms with van der Waals surface area (Å²) in [5.74, 6) is 0.988. The molecular weight excluding hydrogens is 252 g/mol. The van der Waals surface area contributed by atoms with Gasteiger partial charge in [0.05, 0.1) is 5.56 Å². The van der Waals surface area contributed by atoms with E-state index in [2.05, 4.69) is 30.8 Å². The lowest BCUT2D eigenvalue weighted by atomic mass is 10.1. The van der Waals surface area contributed by atoms with Gasteiger partial charge in [0, 0.05) is 18.3 Å². The van der Waals surface area contributed by atoms with Gasteiger partial charge in [0.2, 0.25) is 0 Å². The van der Waals surface area contributed by atoms with Gasteiger partial charge < -0.3 is 15.8 Å². The van der Waals surface area contributed by atoms with E-state index < -0.39 is 0 Å². The van der Waals surface area contributed by atoms with Crippen molar-refractivity contribution in [2.45, 2.75) is 52.5 Å². The van der Waals surface area contributed by atoms with Crippen LogP contribution in [0.1, 0.15) is 50.4 Å². The Hall–Kier alpha value is -1.78. The quantitative estimate of drug-likeness (QED) is 0.374. The highest BCUT2D eigenvalue weighted by Crippen LogP contribution is 2.28. The third-order valence-electron chi connectivity index (χ3n) is 4.15. The molecule has 1 aliphatic carbocycles. The van der Waals surface area contributed by atoms with Crippen LogP contribution < -0.4 is 10.6 Å². The Morgan fingerprint density at radius 3 is 2.85 bits per heavy atom. The summed E-state index contributed by atoms with van der Waals surface area (Å²) in [4.78, 5) is 7.04. The Bertz CT molecular complexity index is 513. The van der Waals surface area contributed by atoms with Gasteiger partial charge in [0.1, 0.15) is 5.82 Å². The predicted molar refractivity (Wildman–Crippen MR) is 81.5 cm³/mol. The fourth-order valence-corrected chi connectivity index (χ4v) is 2.81. The molecule has 0 aromatic carbocycles. The van der Waals surface area contributed by atoms with Crippen molar-refractivity contribution in [1.29, 1.82) is 0 Å². The molecule has 1 aliphatic rings. The van der Waals surface area contributed by atoms with Crippen LogP contribution in [0.2, 0.25) is 0 Å². The molecule has 1 atom stereocenters. The minimum Gasteiger partial charge on any atom is -0.409 e. The van der Waals surface area contributed by atoms with E-state index in [9.17, 15) is 0 Å². The normalized spacial score (nSPS) is 16.1. The zero-order chi connectivity index (χ0) is 14.7. The van der Waals surface area contributed by atoms with Crippen LogP contribution in [-0.4, -0.2) is 28.6 Å². The second-order valence-electron chi connectivity index (χ2n) is 5.35. The molecule has 0 aliphatic heterocycles. The maximum atomic E-state index is 9.03. The van der Waals surface area contributed by atoms with Crippen molar-refractivity contribution in [3.8, 4) is 0 Å². The van der Waals surface area contributed by atoms with Crippen LogP contribution >= 0.6 is 0 Å². The zero-order valence-electron chi connectivity index (χ0n) is 12.6. The van der Waals surface area contributed by atoms with Crippen LogP contribution in [0, 0.1) is 0 Å². The van der Waals surface area contributed by atoms with Gasteiger partial charge in [-0.1, -0.05) is 12.1 Å². The molecule has 3 N–H and O–H groups in total. The summed E-state index contributed by atoms with van der Waals surface area (Å²) in [6.45, 7) is 7.29. The molecule has 0 amide bonds. The summed E-state index contributed by atoms with van der Waals surface area (Å²) >= 11 is 0. The van der Waals surface area contributed by atoms with Gasteiger partial charge in [0.15, 0.2) is 5.84 Å². The molecule has 2 rings (SSSR count). The number of fused-ring (bicyclic) bond motifs is 1. The number of pyridine rings is 1. The SMILES string of the molecule is CCC(C)N(CC)c1nc2c(cc1C(N)=NO)CCC2. The lowest BCUT2D eigenvalue weighted by molar-refractivity contribution is 0.318. The summed E-state index contributed by atoms with van der Waals surface area (Å²) < 4.78 is 0. The number of aryl methyl sites for hydroxylation is 2. The smallest absolute Gasteiger partial charge is 0.173 e. The highest BCUT2D eigenvalue weighted by atomic mass is 16.4. The van der Waals surface area contributed by atoms with E-state index in [1.807, 2.05) is 6.07 Å². The van der Waals surface area contributed by atoms with Crippen molar-refractivity contribution in [3.05, 3.63) is 22.9 Å². The molecule has 1 heterocycles. The number of oxime groups is 1. The Kier molecular flexibility index (Phi) is 4.47. The summed E-state index contributed by atoms with van der Waals surface area (Å²) in [6, 6.07) is 2.42. The maximum Gasteiger partial charge on any atom is 0.173 e. The van der Waals surface area contributed by atoms with Crippen LogP contribution in [0.3, 0.4) is 0 Å². The number of hydrogen-bond acceptors (Lipinski definition) is 4. The Morgan fingerprint density at radius 2 is 2.25 bits per heavy atom. The molecule has 110 valence electrons. The summed E-state index contributed by atoms with van der Waals surface area (Å²) in [6.07, 6.45) is 4.22. The molecule has 0 radical (unpaired) electrons. The van der Waals surface area contributed by atoms with Crippen molar-refractivity contribution >= 4 is 11.7 Å². The van der Waals surface area contributed by atoms with Crippen LogP contribution in [0.15, 0.2) is 11.2 Å². The topological polar surface area (TPSA) is 74.7 Å². The van der Waals surface area contributed by atoms with E-state index in [-0.39, 0.29) is 5.84 Å². The number of amidine groups is 1. The number of hydrogen-bond donors (Lipinski definition) is 2. The first kappa shape index (κ1) is 14.6. The molecule has 1 aromatic heterocycles. The molecule has 0 fully saturated rings. The number of rotatable bonds is 5. The van der Waals surface area contributed by atoms with Crippen molar-refractivity contribution in [2.24, 2.45) is 10.9 Å². The first-order chi connectivity index (χ1) is 9.62. The fourth-order valence-electron chi connectivity index (χ4n) is 2.81. The van der Waals surface area contributed by atoms with E-state index in [4.69, 9.17) is 15.9 Å². The van der Waals surface area contributed by atoms with Gasteiger partial charge >= 0.3 is 0 Å². The Balaban J connectivity index is 2.54. The molecule has 0 saturated heterocycles. The Morgan fingerprint density at radius 1 is 1.50 bits per heavy atom. The summed E-state index contributed by atoms with van der Waals surface area (Å²) in [5, 5.41) is 12.2. The number of nitrogens with two attached hydrogens (primary N) is 1. The number of aromatic nitrogens is 1. The lowest BCUT2D eigenvalue weighted by Gasteiger charge is -2.30. The highest BCUT2D eigenvalue weighted by molar-refractivity contribution is 6.01. The summed E-state index contributed by atoms with van der Waals surface area (Å²) in [5.41, 5.74) is 9.00. The first-order valence-corrected chi connectivity index (χ1v) is 7.39. The monoisotopic (exact) mass is 276 g/mol. The van der Waals surface area contributed by atoms with Gasteiger partial charge in [-0.25, -0.2) is 4.98 Å². The van der Waals surface area contributed by atoms with E-state index in [1.165, 1.54) is 5.56 Å². The predicted octanol–water partition coefficient (Wildman–Crippen LogP) is 2.29. The molecule has 1 unspecified atom stereocenters. The standard InChI is InChI=1S/C15H24N4O/c1-4-10(3)19(5-2)15-12(14(16)18-20)9-11-7-6-8-13(11)17-15/h9-10,20H,4-8H2,1-3H3,(H2,16,18). The van der Waals surface area contributed by atoms with Crippen molar-refractivity contribution in [3.63, 3.8) is 0 Å². The largest absolute Gasteiger partial charge is 0.409 e. The van der Waals surface area contributed by atoms with Crippen LogP contribution in [0.5, 0.6) is 0 Å². The van der Waals surface area contributed by atoms with Crippen LogP contribution in [-0.2, 0) is 12.8 Å². The van der Waals surface area contributed by atoms with Crippen molar-refractivity contribution in [1.82, 2.24) is 4.98 Å². The molecular formula is C15H24N4O. The van der Waals surface area contributed by atoms with Gasteiger partial charge in [-0.2, -0.15) is 0 Å². The van der Waals surface area contributed by atoms with Gasteiger partial charge in [-0.3, -0.25) is 0 Å². The molecule has 5 nitrogen and oxygen atoms in total. The molecule has 0 saturated carbocycles. The average Bonchev–Trinajstić information content (AvgIpc) is 2.93. The molecule has 5 heteroatoms. The van der Waals surface area contributed by atoms with Crippen LogP contribution in [0.4, 0.5) is 5.82 Å². The second-order valence-corrected chi connectivity index (χ2v) is 5.35. The van der Waals surface area contributed by atoms with Crippen LogP contribution in [0.25, 0.3) is 0 Å². The maximum absolute atomic E-state index is 9.03. The number of nitrogens with zero attached hydrogens (tertiary/aromatic N) is 3. The first-order valence-electron chi connectivity index (χ1n) is 7.39. The molecule has 1 aromatic rings. The fraction of sp³-hybridized carbons (Fsp3) is 0.600. The average molecular weight is 276 g/mol. The third-order valence-corrected chi connectivity index (χ3v) is 4.15. The van der Waals surface area contributed by atoms with Gasteiger partial charge in [0.25, 0.3) is 0 Å². The zero-order valence-corrected chi connectivity index (χ0v) is 12.6. The minimum absolute atomic E-state index is 0.143. The molecule has 0 bridgehead atoms. The van der Waals surface area contributed by atoms with Gasteiger partial charge in [-0.05, 0) is 51.2 Å². The number of anilines is 1. The van der Waals surface area contributed by atoms with E-state index in [1.54, 1.807) is 0 Å². The highest BCUT2D eigenvalue weighted by Gasteiger charge is 2.23. The van der Waals surface area contributed by atoms with E-state index >= 15 is 0 Å². The molecule has 0 spiro atoms. The van der Waals surface area contributed by atoms with Crippen molar-refractivity contribution in [2.75, 3.05) is 11.4 Å². The van der Waals surface area contributed by atoms with E-state index in [0.717, 1.165) is 49.3 Å². The van der Waals surface area contributed by atoms with Gasteiger partial charge in [-0.15, -0.1) is 0 Å². The van der Waals surface area contributed by atoms with E-state index in [0.29, 0.717) is 6.04 Å². The lowest BCUT2D eigenvalue weighted by Crippen LogP contribution is -2.35. The second kappa shape index (κ2) is 6.11. The summed E-state index contributed by atoms with van der Waals surface area (Å²) in [7, 11) is 0. The Labute approximate surface area is 120 Å².